The topological polar surface area (TPSA) is 76.2 Å². The van der Waals surface area contributed by atoms with Crippen molar-refractivity contribution in [2.45, 2.75) is 19.5 Å². The van der Waals surface area contributed by atoms with Crippen molar-refractivity contribution < 1.29 is 23.1 Å². The van der Waals surface area contributed by atoms with Gasteiger partial charge in [0.1, 0.15) is 0 Å². The molecule has 1 heterocycles. The Morgan fingerprint density at radius 1 is 1.56 bits per heavy atom. The third kappa shape index (κ3) is 6.41. The lowest BCUT2D eigenvalue weighted by Gasteiger charge is -2.08. The first kappa shape index (κ1) is 16.7. The first-order valence-electron chi connectivity index (χ1n) is 4.79. The highest BCUT2D eigenvalue weighted by Gasteiger charge is 2.31. The maximum atomic E-state index is 12.2. The monoisotopic (exact) mass is 284 g/mol. The SMILES string of the molecule is CC(=O)O.NCCc1ncc(C(F)(F)F)cc1Cl. The zero-order valence-corrected chi connectivity index (χ0v) is 10.2. The smallest absolute Gasteiger partial charge is 0.417 e. The number of aromatic nitrogens is 1. The third-order valence-electron chi connectivity index (χ3n) is 1.63. The van der Waals surface area contributed by atoms with Gasteiger partial charge in [0.05, 0.1) is 16.3 Å². The highest BCUT2D eigenvalue weighted by Crippen LogP contribution is 2.30. The van der Waals surface area contributed by atoms with E-state index in [0.29, 0.717) is 18.7 Å². The highest BCUT2D eigenvalue weighted by atomic mass is 35.5. The number of rotatable bonds is 2. The fourth-order valence-corrected chi connectivity index (χ4v) is 1.20. The molecule has 4 nitrogen and oxygen atoms in total. The van der Waals surface area contributed by atoms with Gasteiger partial charge >= 0.3 is 6.18 Å². The lowest BCUT2D eigenvalue weighted by molar-refractivity contribution is -0.138. The average molecular weight is 285 g/mol. The molecule has 0 saturated heterocycles. The summed E-state index contributed by atoms with van der Waals surface area (Å²) in [6, 6.07) is 0.861. The summed E-state index contributed by atoms with van der Waals surface area (Å²) >= 11 is 5.60. The van der Waals surface area contributed by atoms with E-state index < -0.39 is 17.7 Å². The molecule has 18 heavy (non-hydrogen) atoms. The lowest BCUT2D eigenvalue weighted by atomic mass is 10.2. The molecule has 0 spiro atoms. The fourth-order valence-electron chi connectivity index (χ4n) is 0.942. The quantitative estimate of drug-likeness (QED) is 0.874. The molecule has 0 bridgehead atoms. The summed E-state index contributed by atoms with van der Waals surface area (Å²) in [7, 11) is 0. The van der Waals surface area contributed by atoms with Crippen LogP contribution < -0.4 is 5.73 Å². The molecule has 0 fully saturated rings. The molecule has 1 aromatic rings. The molecular formula is C10H12ClF3N2O2. The van der Waals surface area contributed by atoms with Crippen LogP contribution in [0.4, 0.5) is 13.2 Å². The van der Waals surface area contributed by atoms with E-state index in [1.54, 1.807) is 0 Å². The number of pyridine rings is 1. The summed E-state index contributed by atoms with van der Waals surface area (Å²) in [6.45, 7) is 1.39. The van der Waals surface area contributed by atoms with Gasteiger partial charge in [-0.1, -0.05) is 11.6 Å². The Balaban J connectivity index is 0.000000631. The number of hydrogen-bond donors (Lipinski definition) is 2. The van der Waals surface area contributed by atoms with Gasteiger partial charge < -0.3 is 10.8 Å². The first-order chi connectivity index (χ1) is 8.18. The minimum atomic E-state index is -4.40. The van der Waals surface area contributed by atoms with Gasteiger partial charge in [0.25, 0.3) is 5.97 Å². The first-order valence-corrected chi connectivity index (χ1v) is 5.17. The second-order valence-corrected chi connectivity index (χ2v) is 3.62. The van der Waals surface area contributed by atoms with Crippen LogP contribution in [0.3, 0.4) is 0 Å². The van der Waals surface area contributed by atoms with E-state index in [4.69, 9.17) is 27.2 Å². The van der Waals surface area contributed by atoms with E-state index in [1.165, 1.54) is 0 Å². The molecule has 0 unspecified atom stereocenters. The van der Waals surface area contributed by atoms with Crippen molar-refractivity contribution in [1.82, 2.24) is 4.98 Å². The average Bonchev–Trinajstić information content (AvgIpc) is 2.19. The van der Waals surface area contributed by atoms with Crippen LogP contribution in [0.1, 0.15) is 18.2 Å². The van der Waals surface area contributed by atoms with Gasteiger partial charge in [-0.15, -0.1) is 0 Å². The van der Waals surface area contributed by atoms with Crippen molar-refractivity contribution in [3.8, 4) is 0 Å². The molecule has 0 amide bonds. The molecule has 0 aliphatic rings. The Kier molecular flexibility index (Phi) is 6.64. The van der Waals surface area contributed by atoms with E-state index in [1.807, 2.05) is 0 Å². The zero-order valence-electron chi connectivity index (χ0n) is 9.46. The zero-order chi connectivity index (χ0) is 14.3. The maximum Gasteiger partial charge on any atom is 0.417 e. The second kappa shape index (κ2) is 7.17. The van der Waals surface area contributed by atoms with Crippen molar-refractivity contribution in [2.24, 2.45) is 5.73 Å². The normalized spacial score (nSPS) is 10.6. The Hall–Kier alpha value is -1.34. The highest BCUT2D eigenvalue weighted by molar-refractivity contribution is 6.31. The van der Waals surface area contributed by atoms with Crippen LogP contribution in [0.15, 0.2) is 12.3 Å². The largest absolute Gasteiger partial charge is 0.481 e. The molecule has 1 aromatic heterocycles. The van der Waals surface area contributed by atoms with Crippen LogP contribution in [0.25, 0.3) is 0 Å². The molecular weight excluding hydrogens is 273 g/mol. The van der Waals surface area contributed by atoms with E-state index in [-0.39, 0.29) is 5.02 Å². The number of hydrogen-bond acceptors (Lipinski definition) is 3. The van der Waals surface area contributed by atoms with Gasteiger partial charge in [-0.3, -0.25) is 9.78 Å². The van der Waals surface area contributed by atoms with E-state index >= 15 is 0 Å². The van der Waals surface area contributed by atoms with Crippen molar-refractivity contribution in [1.29, 1.82) is 0 Å². The maximum absolute atomic E-state index is 12.2. The van der Waals surface area contributed by atoms with E-state index in [2.05, 4.69) is 4.98 Å². The summed E-state index contributed by atoms with van der Waals surface area (Å²) in [5, 5.41) is 7.42. The fraction of sp³-hybridized carbons (Fsp3) is 0.400. The van der Waals surface area contributed by atoms with Crippen LogP contribution in [0.2, 0.25) is 5.02 Å². The van der Waals surface area contributed by atoms with Gasteiger partial charge in [-0.05, 0) is 12.6 Å². The molecule has 0 radical (unpaired) electrons. The molecule has 0 aromatic carbocycles. The number of carboxylic acid groups (broad SMARTS) is 1. The number of alkyl halides is 3. The van der Waals surface area contributed by atoms with Crippen molar-refractivity contribution in [3.63, 3.8) is 0 Å². The molecule has 102 valence electrons. The summed E-state index contributed by atoms with van der Waals surface area (Å²) in [5.74, 6) is -0.833. The number of aliphatic carboxylic acids is 1. The number of nitrogens with two attached hydrogens (primary N) is 1. The molecule has 1 rings (SSSR count). The number of halogens is 4. The van der Waals surface area contributed by atoms with Crippen LogP contribution in [-0.4, -0.2) is 22.6 Å². The van der Waals surface area contributed by atoms with E-state index in [0.717, 1.165) is 19.2 Å². The summed E-state index contributed by atoms with van der Waals surface area (Å²) in [4.78, 5) is 12.6. The minimum absolute atomic E-state index is 0.00488. The Labute approximate surface area is 107 Å². The molecule has 0 atom stereocenters. The standard InChI is InChI=1S/C8H8ClF3N2.C2H4O2/c9-6-3-5(8(10,11)12)4-14-7(6)1-2-13;1-2(3)4/h3-4H,1-2,13H2;1H3,(H,3,4). The van der Waals surface area contributed by atoms with Crippen molar-refractivity contribution in [2.75, 3.05) is 6.54 Å². The minimum Gasteiger partial charge on any atom is -0.481 e. The Bertz CT molecular complexity index is 407. The van der Waals surface area contributed by atoms with Crippen LogP contribution in [-0.2, 0) is 17.4 Å². The Morgan fingerprint density at radius 3 is 2.39 bits per heavy atom. The third-order valence-corrected chi connectivity index (χ3v) is 1.95. The van der Waals surface area contributed by atoms with Gasteiger partial charge in [0.15, 0.2) is 0 Å². The van der Waals surface area contributed by atoms with Gasteiger partial charge in [0, 0.05) is 19.5 Å². The summed E-state index contributed by atoms with van der Waals surface area (Å²) < 4.78 is 36.5. The molecule has 8 heteroatoms. The molecule has 0 aliphatic carbocycles. The molecule has 3 N–H and O–H groups in total. The van der Waals surface area contributed by atoms with E-state index in [9.17, 15) is 13.2 Å². The van der Waals surface area contributed by atoms with Crippen LogP contribution in [0, 0.1) is 0 Å². The molecule has 0 saturated carbocycles. The second-order valence-electron chi connectivity index (χ2n) is 3.21. The number of carbonyl (C=O) groups is 1. The van der Waals surface area contributed by atoms with Gasteiger partial charge in [0.2, 0.25) is 0 Å². The van der Waals surface area contributed by atoms with Crippen molar-refractivity contribution >= 4 is 17.6 Å². The summed E-state index contributed by atoms with van der Waals surface area (Å²) in [6.07, 6.45) is -3.27. The molecule has 0 aliphatic heterocycles. The predicted octanol–water partition coefficient (Wildman–Crippen LogP) is 2.35. The summed E-state index contributed by atoms with van der Waals surface area (Å²) in [5.41, 5.74) is 4.78. The van der Waals surface area contributed by atoms with Crippen LogP contribution >= 0.6 is 11.6 Å². The number of carboxylic acids is 1. The Morgan fingerprint density at radius 2 is 2.06 bits per heavy atom. The van der Waals surface area contributed by atoms with Crippen LogP contribution in [0.5, 0.6) is 0 Å². The lowest BCUT2D eigenvalue weighted by Crippen LogP contribution is -2.09. The number of nitrogens with zero attached hydrogens (tertiary/aromatic N) is 1. The van der Waals surface area contributed by atoms with Gasteiger partial charge in [-0.2, -0.15) is 13.2 Å². The van der Waals surface area contributed by atoms with Crippen molar-refractivity contribution in [3.05, 3.63) is 28.5 Å². The van der Waals surface area contributed by atoms with Gasteiger partial charge in [-0.25, -0.2) is 0 Å². The predicted molar refractivity (Wildman–Crippen MR) is 60.3 cm³/mol.